The topological polar surface area (TPSA) is 25.2 Å². The van der Waals surface area contributed by atoms with E-state index in [1.165, 1.54) is 29.5 Å². The summed E-state index contributed by atoms with van der Waals surface area (Å²) in [6, 6.07) is 11.3. The van der Waals surface area contributed by atoms with Crippen molar-refractivity contribution in [2.45, 2.75) is 25.8 Å². The van der Waals surface area contributed by atoms with E-state index in [1.54, 1.807) is 6.26 Å². The zero-order chi connectivity index (χ0) is 12.4. The number of rotatable bonds is 4. The van der Waals surface area contributed by atoms with Gasteiger partial charge >= 0.3 is 0 Å². The molecule has 18 heavy (non-hydrogen) atoms. The van der Waals surface area contributed by atoms with Gasteiger partial charge in [-0.2, -0.15) is 0 Å². The van der Waals surface area contributed by atoms with Gasteiger partial charge in [-0.15, -0.1) is 0 Å². The Kier molecular flexibility index (Phi) is 3.20. The summed E-state index contributed by atoms with van der Waals surface area (Å²) < 4.78 is 5.24. The molecule has 0 saturated heterocycles. The second-order valence-electron chi connectivity index (χ2n) is 5.03. The molecule has 1 unspecified atom stereocenters. The number of nitrogens with one attached hydrogen (secondary N) is 1. The zero-order valence-electron chi connectivity index (χ0n) is 10.7. The molecule has 1 N–H and O–H groups in total. The van der Waals surface area contributed by atoms with E-state index < -0.39 is 0 Å². The van der Waals surface area contributed by atoms with Crippen molar-refractivity contribution in [3.63, 3.8) is 0 Å². The maximum Gasteiger partial charge on any atom is 0.0950 e. The summed E-state index contributed by atoms with van der Waals surface area (Å²) in [6.45, 7) is 3.15. The van der Waals surface area contributed by atoms with Crippen LogP contribution in [0.25, 0.3) is 0 Å². The Morgan fingerprint density at radius 2 is 1.94 bits per heavy atom. The quantitative estimate of drug-likeness (QED) is 0.888. The van der Waals surface area contributed by atoms with Gasteiger partial charge in [-0.1, -0.05) is 31.2 Å². The Labute approximate surface area is 108 Å². The molecule has 0 saturated carbocycles. The van der Waals surface area contributed by atoms with Crippen LogP contribution in [0, 0.1) is 5.92 Å². The zero-order valence-corrected chi connectivity index (χ0v) is 10.7. The molecule has 1 aliphatic rings. The van der Waals surface area contributed by atoms with Crippen molar-refractivity contribution in [2.24, 2.45) is 5.92 Å². The molecule has 0 bridgehead atoms. The van der Waals surface area contributed by atoms with E-state index in [0.717, 1.165) is 6.54 Å². The van der Waals surface area contributed by atoms with Gasteiger partial charge in [-0.05, 0) is 42.5 Å². The molecule has 1 aromatic heterocycles. The fourth-order valence-electron chi connectivity index (χ4n) is 3.06. The molecule has 94 valence electrons. The lowest BCUT2D eigenvalue weighted by molar-refractivity contribution is 0.377. The van der Waals surface area contributed by atoms with Crippen LogP contribution >= 0.6 is 0 Å². The van der Waals surface area contributed by atoms with E-state index in [0.29, 0.717) is 12.0 Å². The van der Waals surface area contributed by atoms with Gasteiger partial charge in [0.05, 0.1) is 12.5 Å². The Morgan fingerprint density at radius 1 is 1.22 bits per heavy atom. The number of furan rings is 1. The van der Waals surface area contributed by atoms with E-state index in [2.05, 4.69) is 42.6 Å². The Hall–Kier alpha value is -1.54. The summed E-state index contributed by atoms with van der Waals surface area (Å²) in [4.78, 5) is 0. The normalized spacial score (nSPS) is 16.7. The van der Waals surface area contributed by atoms with E-state index in [1.807, 2.05) is 6.26 Å². The third-order valence-corrected chi connectivity index (χ3v) is 3.88. The predicted molar refractivity (Wildman–Crippen MR) is 72.5 cm³/mol. The average molecular weight is 241 g/mol. The van der Waals surface area contributed by atoms with Crippen LogP contribution < -0.4 is 5.32 Å². The first-order valence-corrected chi connectivity index (χ1v) is 6.70. The van der Waals surface area contributed by atoms with Gasteiger partial charge in [0.1, 0.15) is 0 Å². The molecule has 0 amide bonds. The highest BCUT2D eigenvalue weighted by Crippen LogP contribution is 2.35. The minimum atomic E-state index is 0.404. The lowest BCUT2D eigenvalue weighted by atomic mass is 9.92. The fourth-order valence-corrected chi connectivity index (χ4v) is 3.06. The van der Waals surface area contributed by atoms with Gasteiger partial charge < -0.3 is 9.73 Å². The maximum absolute atomic E-state index is 5.24. The summed E-state index contributed by atoms with van der Waals surface area (Å²) in [6.07, 6.45) is 5.97. The first-order valence-electron chi connectivity index (χ1n) is 6.70. The number of fused-ring (bicyclic) bond motifs is 1. The largest absolute Gasteiger partial charge is 0.472 e. The van der Waals surface area contributed by atoms with Gasteiger partial charge in [0, 0.05) is 11.6 Å². The first kappa shape index (κ1) is 11.5. The maximum atomic E-state index is 5.24. The second-order valence-corrected chi connectivity index (χ2v) is 5.03. The lowest BCUT2D eigenvalue weighted by Gasteiger charge is -2.23. The molecule has 2 nitrogen and oxygen atoms in total. The molecule has 0 fully saturated rings. The summed E-state index contributed by atoms with van der Waals surface area (Å²) in [7, 11) is 0. The van der Waals surface area contributed by atoms with Crippen molar-refractivity contribution in [3.8, 4) is 0 Å². The standard InChI is InChI=1S/C16H19NO/c1-2-17-16(14-7-8-18-11-14)15-9-12-5-3-4-6-13(12)10-15/h3-8,11,15-17H,2,9-10H2,1H3. The van der Waals surface area contributed by atoms with Crippen molar-refractivity contribution >= 4 is 0 Å². The van der Waals surface area contributed by atoms with Crippen LogP contribution in [0.4, 0.5) is 0 Å². The number of benzene rings is 1. The molecule has 0 radical (unpaired) electrons. The van der Waals surface area contributed by atoms with Gasteiger partial charge in [0.25, 0.3) is 0 Å². The van der Waals surface area contributed by atoms with Gasteiger partial charge in [0.2, 0.25) is 0 Å². The van der Waals surface area contributed by atoms with Crippen LogP contribution in [-0.4, -0.2) is 6.54 Å². The smallest absolute Gasteiger partial charge is 0.0950 e. The summed E-state index contributed by atoms with van der Waals surface area (Å²) in [5.41, 5.74) is 4.29. The fraction of sp³-hybridized carbons (Fsp3) is 0.375. The molecule has 1 atom stereocenters. The monoisotopic (exact) mass is 241 g/mol. The Balaban J connectivity index is 1.82. The Morgan fingerprint density at radius 3 is 2.50 bits per heavy atom. The molecular formula is C16H19NO. The molecule has 3 rings (SSSR count). The minimum Gasteiger partial charge on any atom is -0.472 e. The molecule has 0 spiro atoms. The first-order chi connectivity index (χ1) is 8.88. The van der Waals surface area contributed by atoms with Gasteiger partial charge in [0.15, 0.2) is 0 Å². The van der Waals surface area contributed by atoms with Gasteiger partial charge in [-0.3, -0.25) is 0 Å². The van der Waals surface area contributed by atoms with Crippen molar-refractivity contribution in [2.75, 3.05) is 6.54 Å². The molecule has 1 aromatic carbocycles. The predicted octanol–water partition coefficient (Wildman–Crippen LogP) is 3.35. The van der Waals surface area contributed by atoms with E-state index >= 15 is 0 Å². The molecule has 2 heteroatoms. The summed E-state index contributed by atoms with van der Waals surface area (Å²) in [5, 5.41) is 3.60. The number of hydrogen-bond acceptors (Lipinski definition) is 2. The van der Waals surface area contributed by atoms with Crippen LogP contribution in [0.5, 0.6) is 0 Å². The number of hydrogen-bond donors (Lipinski definition) is 1. The summed E-state index contributed by atoms with van der Waals surface area (Å²) >= 11 is 0. The third-order valence-electron chi connectivity index (χ3n) is 3.88. The van der Waals surface area contributed by atoms with Gasteiger partial charge in [-0.25, -0.2) is 0 Å². The average Bonchev–Trinajstić information content (AvgIpc) is 3.04. The van der Waals surface area contributed by atoms with E-state index in [4.69, 9.17) is 4.42 Å². The molecule has 0 aliphatic heterocycles. The molecule has 1 heterocycles. The highest BCUT2D eigenvalue weighted by molar-refractivity contribution is 5.33. The molecule has 1 aliphatic carbocycles. The van der Waals surface area contributed by atoms with Crippen LogP contribution in [0.1, 0.15) is 29.7 Å². The van der Waals surface area contributed by atoms with Crippen molar-refractivity contribution in [1.29, 1.82) is 0 Å². The summed E-state index contributed by atoms with van der Waals surface area (Å²) in [5.74, 6) is 0.639. The van der Waals surface area contributed by atoms with Crippen molar-refractivity contribution < 1.29 is 4.42 Å². The SMILES string of the molecule is CCNC(c1ccoc1)C1Cc2ccccc2C1. The van der Waals surface area contributed by atoms with Crippen LogP contribution in [-0.2, 0) is 12.8 Å². The minimum absolute atomic E-state index is 0.404. The van der Waals surface area contributed by atoms with Crippen LogP contribution in [0.15, 0.2) is 47.3 Å². The van der Waals surface area contributed by atoms with Crippen LogP contribution in [0.2, 0.25) is 0 Å². The highest BCUT2D eigenvalue weighted by atomic mass is 16.3. The van der Waals surface area contributed by atoms with E-state index in [-0.39, 0.29) is 0 Å². The van der Waals surface area contributed by atoms with Crippen molar-refractivity contribution in [1.82, 2.24) is 5.32 Å². The second kappa shape index (κ2) is 4.99. The third kappa shape index (κ3) is 2.08. The van der Waals surface area contributed by atoms with Crippen LogP contribution in [0.3, 0.4) is 0 Å². The van der Waals surface area contributed by atoms with E-state index in [9.17, 15) is 0 Å². The Bertz CT molecular complexity index is 479. The van der Waals surface area contributed by atoms with Crippen molar-refractivity contribution in [3.05, 3.63) is 59.5 Å². The highest BCUT2D eigenvalue weighted by Gasteiger charge is 2.29. The molecule has 2 aromatic rings. The molecular weight excluding hydrogens is 222 g/mol. The lowest BCUT2D eigenvalue weighted by Crippen LogP contribution is -2.28.